The molecule has 0 aliphatic rings. The van der Waals surface area contributed by atoms with E-state index in [9.17, 15) is 19.5 Å². The van der Waals surface area contributed by atoms with E-state index in [1.165, 1.54) is 0 Å². The van der Waals surface area contributed by atoms with Gasteiger partial charge in [0.15, 0.2) is 5.78 Å². The molecule has 0 heterocycles. The Morgan fingerprint density at radius 1 is 0.814 bits per heavy atom. The van der Waals surface area contributed by atoms with Gasteiger partial charge in [-0.1, -0.05) is 86.6 Å². The third-order valence-electron chi connectivity index (χ3n) is 6.95. The molecule has 0 saturated carbocycles. The molecule has 0 saturated heterocycles. The molecule has 0 aliphatic heterocycles. The summed E-state index contributed by atoms with van der Waals surface area (Å²) in [6.07, 6.45) is 1.36. The van der Waals surface area contributed by atoms with Gasteiger partial charge in [0.05, 0.1) is 6.61 Å². The quantitative estimate of drug-likeness (QED) is 0.118. The van der Waals surface area contributed by atoms with Gasteiger partial charge in [-0.25, -0.2) is 4.79 Å². The Morgan fingerprint density at radius 2 is 1.44 bits per heavy atom. The number of para-hydroxylation sites is 2. The van der Waals surface area contributed by atoms with Gasteiger partial charge < -0.3 is 20.1 Å². The molecule has 0 aromatic heterocycles. The smallest absolute Gasteiger partial charge is 0.326 e. The van der Waals surface area contributed by atoms with E-state index in [0.717, 1.165) is 11.3 Å². The second-order valence-corrected chi connectivity index (χ2v) is 10.8. The second kappa shape index (κ2) is 15.4. The van der Waals surface area contributed by atoms with Crippen molar-refractivity contribution >= 4 is 29.0 Å². The number of hydrogen-bond donors (Lipinski definition) is 2. The molecular formula is C36H38N2O5. The number of hydrogen-bond acceptors (Lipinski definition) is 5. The van der Waals surface area contributed by atoms with E-state index in [4.69, 9.17) is 4.74 Å². The van der Waals surface area contributed by atoms with Crippen LogP contribution < -0.4 is 15.0 Å². The van der Waals surface area contributed by atoms with Crippen LogP contribution in [0.1, 0.15) is 48.2 Å². The molecule has 4 aromatic rings. The number of benzene rings is 4. The number of amides is 1. The van der Waals surface area contributed by atoms with Gasteiger partial charge in [-0.05, 0) is 54.3 Å². The van der Waals surface area contributed by atoms with Gasteiger partial charge in [-0.3, -0.25) is 9.59 Å². The van der Waals surface area contributed by atoms with E-state index < -0.39 is 12.0 Å². The first-order chi connectivity index (χ1) is 20.8. The van der Waals surface area contributed by atoms with Crippen molar-refractivity contribution < 1.29 is 24.2 Å². The van der Waals surface area contributed by atoms with E-state index in [1.54, 1.807) is 48.5 Å². The van der Waals surface area contributed by atoms with Gasteiger partial charge in [0, 0.05) is 41.9 Å². The van der Waals surface area contributed by atoms with E-state index in [-0.39, 0.29) is 24.0 Å². The fourth-order valence-corrected chi connectivity index (χ4v) is 4.78. The molecule has 0 bridgehead atoms. The third-order valence-corrected chi connectivity index (χ3v) is 6.95. The fraction of sp³-hybridized carbons (Fsp3) is 0.250. The van der Waals surface area contributed by atoms with Crippen LogP contribution in [0.3, 0.4) is 0 Å². The number of carboxylic acids is 1. The lowest BCUT2D eigenvalue weighted by molar-refractivity contribution is -0.137. The number of anilines is 2. The Balaban J connectivity index is 1.34. The zero-order valence-corrected chi connectivity index (χ0v) is 24.6. The first-order valence-electron chi connectivity index (χ1n) is 14.6. The average Bonchev–Trinajstić information content (AvgIpc) is 3.01. The Morgan fingerprint density at radius 3 is 2.09 bits per heavy atom. The minimum atomic E-state index is -1.02. The van der Waals surface area contributed by atoms with Crippen molar-refractivity contribution in [2.45, 2.75) is 39.2 Å². The van der Waals surface area contributed by atoms with Crippen LogP contribution in [0.5, 0.6) is 5.75 Å². The number of nitrogens with zero attached hydrogens (tertiary/aromatic N) is 1. The molecule has 1 unspecified atom stereocenters. The summed E-state index contributed by atoms with van der Waals surface area (Å²) in [6, 6.07) is 31.9. The predicted octanol–water partition coefficient (Wildman–Crippen LogP) is 6.87. The Kier molecular flexibility index (Phi) is 11.1. The average molecular weight is 579 g/mol. The van der Waals surface area contributed by atoms with Gasteiger partial charge in [0.25, 0.3) is 0 Å². The minimum Gasteiger partial charge on any atom is -0.494 e. The summed E-state index contributed by atoms with van der Waals surface area (Å²) in [5.41, 5.74) is 3.12. The van der Waals surface area contributed by atoms with E-state index >= 15 is 0 Å². The summed E-state index contributed by atoms with van der Waals surface area (Å²) in [4.78, 5) is 39.9. The van der Waals surface area contributed by atoms with Crippen molar-refractivity contribution in [2.24, 2.45) is 5.92 Å². The molecule has 0 spiro atoms. The molecule has 7 heteroatoms. The number of rotatable bonds is 15. The minimum absolute atomic E-state index is 0.0965. The van der Waals surface area contributed by atoms with Crippen molar-refractivity contribution in [1.29, 1.82) is 0 Å². The first kappa shape index (κ1) is 31.0. The standard InChI is InChI=1S/C36H38N2O5/c1-26(2)24-34(39)38(29-14-7-4-8-15-29)22-11-23-43-30-20-18-27(19-21-30)25-33(36(41)42)37-32-17-10-9-16-31(32)35(40)28-12-5-3-6-13-28/h3-10,12-21,26,33,37H,11,22-25H2,1-2H3,(H,41,42). The highest BCUT2D eigenvalue weighted by molar-refractivity contribution is 6.12. The van der Waals surface area contributed by atoms with Crippen molar-refractivity contribution in [3.8, 4) is 5.75 Å². The highest BCUT2D eigenvalue weighted by Gasteiger charge is 2.21. The molecular weight excluding hydrogens is 540 g/mol. The summed E-state index contributed by atoms with van der Waals surface area (Å²) in [7, 11) is 0. The van der Waals surface area contributed by atoms with Crippen molar-refractivity contribution in [3.05, 3.63) is 126 Å². The number of nitrogens with one attached hydrogen (secondary N) is 1. The van der Waals surface area contributed by atoms with Crippen LogP contribution in [0.4, 0.5) is 11.4 Å². The summed E-state index contributed by atoms with van der Waals surface area (Å²) in [6.45, 7) is 5.06. The first-order valence-corrected chi connectivity index (χ1v) is 14.6. The number of carboxylic acid groups (broad SMARTS) is 1. The molecule has 4 aromatic carbocycles. The van der Waals surface area contributed by atoms with Crippen LogP contribution in [0.15, 0.2) is 109 Å². The molecule has 43 heavy (non-hydrogen) atoms. The second-order valence-electron chi connectivity index (χ2n) is 10.8. The molecule has 2 N–H and O–H groups in total. The monoisotopic (exact) mass is 578 g/mol. The maximum Gasteiger partial charge on any atom is 0.326 e. The molecule has 1 amide bonds. The van der Waals surface area contributed by atoms with Crippen LogP contribution in [0, 0.1) is 5.92 Å². The highest BCUT2D eigenvalue weighted by Crippen LogP contribution is 2.22. The Hall–Kier alpha value is -4.91. The maximum atomic E-state index is 13.1. The number of aliphatic carboxylic acids is 1. The van der Waals surface area contributed by atoms with Crippen molar-refractivity contribution in [2.75, 3.05) is 23.4 Å². The SMILES string of the molecule is CC(C)CC(=O)N(CCCOc1ccc(CC(Nc2ccccc2C(=O)c2ccccc2)C(=O)O)cc1)c1ccccc1. The maximum absolute atomic E-state index is 13.1. The van der Waals surface area contributed by atoms with Crippen LogP contribution in [0.25, 0.3) is 0 Å². The van der Waals surface area contributed by atoms with Crippen LogP contribution in [-0.4, -0.2) is 42.0 Å². The normalized spacial score (nSPS) is 11.5. The Labute approximate surface area is 253 Å². The topological polar surface area (TPSA) is 95.9 Å². The predicted molar refractivity (Wildman–Crippen MR) is 170 cm³/mol. The van der Waals surface area contributed by atoms with Gasteiger partial charge in [-0.2, -0.15) is 0 Å². The summed E-state index contributed by atoms with van der Waals surface area (Å²) >= 11 is 0. The zero-order valence-electron chi connectivity index (χ0n) is 24.6. The molecule has 1 atom stereocenters. The van der Waals surface area contributed by atoms with Gasteiger partial charge in [0.1, 0.15) is 11.8 Å². The lowest BCUT2D eigenvalue weighted by Gasteiger charge is -2.24. The molecule has 222 valence electrons. The van der Waals surface area contributed by atoms with E-state index in [1.807, 2.05) is 79.4 Å². The van der Waals surface area contributed by atoms with Gasteiger partial charge in [0.2, 0.25) is 5.91 Å². The van der Waals surface area contributed by atoms with E-state index in [2.05, 4.69) is 5.32 Å². The summed E-state index contributed by atoms with van der Waals surface area (Å²) in [5, 5.41) is 13.0. The number of carbonyl (C=O) groups excluding carboxylic acids is 2. The Bertz CT molecular complexity index is 1490. The molecule has 0 fully saturated rings. The molecule has 7 nitrogen and oxygen atoms in total. The van der Waals surface area contributed by atoms with Gasteiger partial charge in [-0.15, -0.1) is 0 Å². The molecule has 0 radical (unpaired) electrons. The number of carbonyl (C=O) groups is 3. The number of ether oxygens (including phenoxy) is 1. The summed E-state index contributed by atoms with van der Waals surface area (Å²) < 4.78 is 5.93. The van der Waals surface area contributed by atoms with E-state index in [0.29, 0.717) is 48.6 Å². The van der Waals surface area contributed by atoms with Crippen LogP contribution in [0.2, 0.25) is 0 Å². The zero-order chi connectivity index (χ0) is 30.6. The van der Waals surface area contributed by atoms with Gasteiger partial charge >= 0.3 is 5.97 Å². The fourth-order valence-electron chi connectivity index (χ4n) is 4.78. The largest absolute Gasteiger partial charge is 0.494 e. The molecule has 4 rings (SSSR count). The van der Waals surface area contributed by atoms with Crippen LogP contribution >= 0.6 is 0 Å². The summed E-state index contributed by atoms with van der Waals surface area (Å²) in [5.74, 6) is -0.153. The molecule has 0 aliphatic carbocycles. The lowest BCUT2D eigenvalue weighted by atomic mass is 10.00. The number of ketones is 1. The third kappa shape index (κ3) is 9.04. The van der Waals surface area contributed by atoms with Crippen molar-refractivity contribution in [1.82, 2.24) is 0 Å². The van der Waals surface area contributed by atoms with Crippen molar-refractivity contribution in [3.63, 3.8) is 0 Å². The van der Waals surface area contributed by atoms with Crippen LogP contribution in [-0.2, 0) is 16.0 Å². The highest BCUT2D eigenvalue weighted by atomic mass is 16.5. The lowest BCUT2D eigenvalue weighted by Crippen LogP contribution is -2.33.